The normalized spacial score (nSPS) is 11.1. The van der Waals surface area contributed by atoms with E-state index in [9.17, 15) is 0 Å². The second kappa shape index (κ2) is 9.72. The number of ether oxygens (including phenoxy) is 2. The van der Waals surface area contributed by atoms with Gasteiger partial charge in [-0.3, -0.25) is 4.90 Å². The zero-order valence-corrected chi connectivity index (χ0v) is 12.0. The number of anilines is 1. The predicted molar refractivity (Wildman–Crippen MR) is 76.9 cm³/mol. The molecular weight excluding hydrogens is 242 g/mol. The molecule has 0 aliphatic carbocycles. The summed E-state index contributed by atoms with van der Waals surface area (Å²) in [4.78, 5) is 6.59. The summed E-state index contributed by atoms with van der Waals surface area (Å²) in [5, 5.41) is 0. The summed E-state index contributed by atoms with van der Waals surface area (Å²) in [7, 11) is 0. The number of hydrogen-bond acceptors (Lipinski definition) is 5. The molecule has 2 N–H and O–H groups in total. The molecule has 0 saturated carbocycles. The fourth-order valence-electron chi connectivity index (χ4n) is 1.76. The van der Waals surface area contributed by atoms with Crippen molar-refractivity contribution in [1.82, 2.24) is 9.88 Å². The molecule has 1 aromatic heterocycles. The van der Waals surface area contributed by atoms with Crippen LogP contribution in [0.4, 0.5) is 5.82 Å². The first kappa shape index (κ1) is 15.9. The van der Waals surface area contributed by atoms with Crippen molar-refractivity contribution in [3.8, 4) is 0 Å². The van der Waals surface area contributed by atoms with Crippen molar-refractivity contribution in [2.75, 3.05) is 45.3 Å². The van der Waals surface area contributed by atoms with E-state index in [1.165, 1.54) is 0 Å². The largest absolute Gasteiger partial charge is 0.384 e. The van der Waals surface area contributed by atoms with Gasteiger partial charge >= 0.3 is 0 Å². The van der Waals surface area contributed by atoms with Gasteiger partial charge in [0.05, 0.1) is 18.9 Å². The molecule has 1 aromatic rings. The van der Waals surface area contributed by atoms with Crippen molar-refractivity contribution in [2.45, 2.75) is 20.4 Å². The van der Waals surface area contributed by atoms with Crippen molar-refractivity contribution in [1.29, 1.82) is 0 Å². The molecule has 5 heteroatoms. The number of rotatable bonds is 10. The van der Waals surface area contributed by atoms with Crippen LogP contribution in [0, 0.1) is 0 Å². The third-order valence-corrected chi connectivity index (χ3v) is 2.73. The molecule has 5 nitrogen and oxygen atoms in total. The van der Waals surface area contributed by atoms with E-state index in [1.807, 2.05) is 26.0 Å². The third-order valence-electron chi connectivity index (χ3n) is 2.73. The maximum Gasteiger partial charge on any atom is 0.123 e. The van der Waals surface area contributed by atoms with Gasteiger partial charge < -0.3 is 15.2 Å². The van der Waals surface area contributed by atoms with Gasteiger partial charge in [0.25, 0.3) is 0 Å². The SMILES string of the molecule is CCOCCN(CCOCC)Cc1cccc(N)n1. The number of nitrogens with zero attached hydrogens (tertiary/aromatic N) is 2. The van der Waals surface area contributed by atoms with Crippen molar-refractivity contribution in [3.05, 3.63) is 23.9 Å². The highest BCUT2D eigenvalue weighted by atomic mass is 16.5. The van der Waals surface area contributed by atoms with E-state index in [-0.39, 0.29) is 0 Å². The predicted octanol–water partition coefficient (Wildman–Crippen LogP) is 1.54. The molecule has 0 aliphatic rings. The summed E-state index contributed by atoms with van der Waals surface area (Å²) in [5.74, 6) is 0.562. The number of pyridine rings is 1. The standard InChI is InChI=1S/C14H25N3O2/c1-3-18-10-8-17(9-11-19-4-2)12-13-6-5-7-14(15)16-13/h5-7H,3-4,8-12H2,1-2H3,(H2,15,16). The third kappa shape index (κ3) is 7.10. The lowest BCUT2D eigenvalue weighted by Crippen LogP contribution is -2.31. The molecular formula is C14H25N3O2. The summed E-state index contributed by atoms with van der Waals surface area (Å²) < 4.78 is 10.8. The fraction of sp³-hybridized carbons (Fsp3) is 0.643. The molecule has 0 bridgehead atoms. The van der Waals surface area contributed by atoms with Gasteiger partial charge in [-0.15, -0.1) is 0 Å². The zero-order valence-electron chi connectivity index (χ0n) is 12.0. The van der Waals surface area contributed by atoms with Gasteiger partial charge in [-0.2, -0.15) is 0 Å². The van der Waals surface area contributed by atoms with Crippen molar-refractivity contribution >= 4 is 5.82 Å². The number of nitrogens with two attached hydrogens (primary N) is 1. The second-order valence-electron chi connectivity index (χ2n) is 4.22. The van der Waals surface area contributed by atoms with E-state index in [1.54, 1.807) is 6.07 Å². The van der Waals surface area contributed by atoms with Gasteiger partial charge in [0.2, 0.25) is 0 Å². The minimum atomic E-state index is 0.562. The first-order valence-corrected chi connectivity index (χ1v) is 6.85. The minimum Gasteiger partial charge on any atom is -0.384 e. The fourth-order valence-corrected chi connectivity index (χ4v) is 1.76. The second-order valence-corrected chi connectivity index (χ2v) is 4.22. The van der Waals surface area contributed by atoms with Crippen LogP contribution >= 0.6 is 0 Å². The van der Waals surface area contributed by atoms with Gasteiger partial charge in [-0.05, 0) is 26.0 Å². The minimum absolute atomic E-state index is 0.562. The molecule has 0 saturated heterocycles. The van der Waals surface area contributed by atoms with Crippen LogP contribution in [0.2, 0.25) is 0 Å². The zero-order chi connectivity index (χ0) is 13.9. The summed E-state index contributed by atoms with van der Waals surface area (Å²) in [6, 6.07) is 5.72. The Kier molecular flexibility index (Phi) is 8.13. The van der Waals surface area contributed by atoms with Crippen LogP contribution in [0.3, 0.4) is 0 Å². The average Bonchev–Trinajstić information content (AvgIpc) is 2.39. The molecule has 108 valence electrons. The lowest BCUT2D eigenvalue weighted by Gasteiger charge is -2.21. The Morgan fingerprint density at radius 3 is 2.26 bits per heavy atom. The number of nitrogen functional groups attached to an aromatic ring is 1. The van der Waals surface area contributed by atoms with E-state index in [0.717, 1.165) is 51.8 Å². The highest BCUT2D eigenvalue weighted by Crippen LogP contribution is 2.04. The summed E-state index contributed by atoms with van der Waals surface area (Å²) in [6.07, 6.45) is 0. The maximum atomic E-state index is 5.70. The van der Waals surface area contributed by atoms with E-state index in [4.69, 9.17) is 15.2 Å². The van der Waals surface area contributed by atoms with Crippen LogP contribution in [0.5, 0.6) is 0 Å². The summed E-state index contributed by atoms with van der Waals surface area (Å²) in [5.41, 5.74) is 6.68. The maximum absolute atomic E-state index is 5.70. The first-order valence-electron chi connectivity index (χ1n) is 6.85. The summed E-state index contributed by atoms with van der Waals surface area (Å²) >= 11 is 0. The van der Waals surface area contributed by atoms with Crippen molar-refractivity contribution in [3.63, 3.8) is 0 Å². The van der Waals surface area contributed by atoms with Gasteiger partial charge in [-0.1, -0.05) is 6.07 Å². The first-order chi connectivity index (χ1) is 9.26. The van der Waals surface area contributed by atoms with E-state index in [0.29, 0.717) is 5.82 Å². The summed E-state index contributed by atoms with van der Waals surface area (Å²) in [6.45, 7) is 9.47. The Balaban J connectivity index is 2.46. The Morgan fingerprint density at radius 1 is 1.11 bits per heavy atom. The van der Waals surface area contributed by atoms with Crippen LogP contribution in [0.25, 0.3) is 0 Å². The monoisotopic (exact) mass is 267 g/mol. The Labute approximate surface area is 115 Å². The van der Waals surface area contributed by atoms with Gasteiger partial charge in [0, 0.05) is 32.8 Å². The average molecular weight is 267 g/mol. The quantitative estimate of drug-likeness (QED) is 0.652. The molecule has 19 heavy (non-hydrogen) atoms. The molecule has 0 atom stereocenters. The number of aromatic nitrogens is 1. The highest BCUT2D eigenvalue weighted by Gasteiger charge is 2.07. The Hall–Kier alpha value is -1.17. The molecule has 0 unspecified atom stereocenters. The topological polar surface area (TPSA) is 60.6 Å². The van der Waals surface area contributed by atoms with Crippen LogP contribution < -0.4 is 5.73 Å². The van der Waals surface area contributed by atoms with Gasteiger partial charge in [0.1, 0.15) is 5.82 Å². The highest BCUT2D eigenvalue weighted by molar-refractivity contribution is 5.28. The number of hydrogen-bond donors (Lipinski definition) is 1. The van der Waals surface area contributed by atoms with Crippen LogP contribution in [-0.2, 0) is 16.0 Å². The smallest absolute Gasteiger partial charge is 0.123 e. The molecule has 0 radical (unpaired) electrons. The molecule has 0 aliphatic heterocycles. The Morgan fingerprint density at radius 2 is 1.74 bits per heavy atom. The lowest BCUT2D eigenvalue weighted by atomic mass is 10.3. The van der Waals surface area contributed by atoms with Gasteiger partial charge in [-0.25, -0.2) is 4.98 Å². The molecule has 0 spiro atoms. The molecule has 1 heterocycles. The van der Waals surface area contributed by atoms with Crippen molar-refractivity contribution < 1.29 is 9.47 Å². The van der Waals surface area contributed by atoms with E-state index in [2.05, 4.69) is 9.88 Å². The molecule has 0 aromatic carbocycles. The van der Waals surface area contributed by atoms with E-state index < -0.39 is 0 Å². The van der Waals surface area contributed by atoms with E-state index >= 15 is 0 Å². The molecule has 0 fully saturated rings. The van der Waals surface area contributed by atoms with Crippen LogP contribution in [-0.4, -0.2) is 49.4 Å². The Bertz CT molecular complexity index is 337. The van der Waals surface area contributed by atoms with Gasteiger partial charge in [0.15, 0.2) is 0 Å². The van der Waals surface area contributed by atoms with Crippen LogP contribution in [0.1, 0.15) is 19.5 Å². The molecule has 1 rings (SSSR count). The van der Waals surface area contributed by atoms with Crippen molar-refractivity contribution in [2.24, 2.45) is 0 Å². The van der Waals surface area contributed by atoms with Crippen LogP contribution in [0.15, 0.2) is 18.2 Å². The molecule has 0 amide bonds. The lowest BCUT2D eigenvalue weighted by molar-refractivity contribution is 0.0793.